The normalized spacial score (nSPS) is 21.0. The molecule has 0 spiro atoms. The maximum atomic E-state index is 13.1. The Kier molecular flexibility index (Phi) is 5.63. The van der Waals surface area contributed by atoms with Crippen molar-refractivity contribution in [3.05, 3.63) is 30.2 Å². The van der Waals surface area contributed by atoms with E-state index < -0.39 is 18.6 Å². The number of H-pyrrole nitrogens is 1. The lowest BCUT2D eigenvalue weighted by molar-refractivity contribution is 0.0195. The van der Waals surface area contributed by atoms with Crippen molar-refractivity contribution in [3.63, 3.8) is 0 Å². The number of ether oxygens (including phenoxy) is 1. The average molecular weight is 471 g/mol. The lowest BCUT2D eigenvalue weighted by Gasteiger charge is -2.33. The summed E-state index contributed by atoms with van der Waals surface area (Å²) in [7, 11) is 1.56. The topological polar surface area (TPSA) is 101 Å². The van der Waals surface area contributed by atoms with Crippen LogP contribution in [0, 0.1) is 6.92 Å². The second kappa shape index (κ2) is 8.50. The third-order valence-electron chi connectivity index (χ3n) is 6.66. The van der Waals surface area contributed by atoms with Gasteiger partial charge in [-0.25, -0.2) is 13.8 Å². The second-order valence-electron chi connectivity index (χ2n) is 9.26. The van der Waals surface area contributed by atoms with Crippen LogP contribution < -0.4 is 10.1 Å². The molecule has 3 heterocycles. The van der Waals surface area contributed by atoms with Crippen LogP contribution in [0.25, 0.3) is 33.2 Å². The second-order valence-corrected chi connectivity index (χ2v) is 9.26. The minimum atomic E-state index is -2.47. The maximum absolute atomic E-state index is 13.1. The molecule has 0 atom stereocenters. The lowest BCUT2D eigenvalue weighted by Crippen LogP contribution is -2.36. The number of anilines is 1. The van der Waals surface area contributed by atoms with Crippen molar-refractivity contribution >= 4 is 28.0 Å². The highest BCUT2D eigenvalue weighted by Crippen LogP contribution is 2.36. The van der Waals surface area contributed by atoms with Gasteiger partial charge >= 0.3 is 0 Å². The van der Waals surface area contributed by atoms with Crippen LogP contribution >= 0.6 is 0 Å². The first kappa shape index (κ1) is 22.5. The van der Waals surface area contributed by atoms with Crippen LogP contribution in [-0.2, 0) is 6.54 Å². The van der Waals surface area contributed by atoms with Gasteiger partial charge in [-0.3, -0.25) is 0 Å². The van der Waals surface area contributed by atoms with Crippen molar-refractivity contribution in [2.45, 2.75) is 64.1 Å². The Labute approximate surface area is 195 Å². The summed E-state index contributed by atoms with van der Waals surface area (Å²) in [4.78, 5) is 16.8. The number of aromatic nitrogens is 5. The number of aromatic amines is 1. The van der Waals surface area contributed by atoms with Gasteiger partial charge in [0.15, 0.2) is 0 Å². The summed E-state index contributed by atoms with van der Waals surface area (Å²) < 4.78 is 33.4. The molecular formula is C24H28F2N6O2. The highest BCUT2D eigenvalue weighted by Gasteiger charge is 2.29. The number of hydrogen-bond acceptors (Lipinski definition) is 6. The van der Waals surface area contributed by atoms with Crippen LogP contribution in [0.2, 0.25) is 0 Å². The molecule has 1 saturated carbocycles. The van der Waals surface area contributed by atoms with E-state index in [1.807, 2.05) is 31.3 Å². The van der Waals surface area contributed by atoms with Crippen molar-refractivity contribution in [2.75, 3.05) is 12.4 Å². The van der Waals surface area contributed by atoms with Crippen LogP contribution in [-0.4, -0.2) is 54.8 Å². The van der Waals surface area contributed by atoms with Crippen molar-refractivity contribution in [1.82, 2.24) is 24.5 Å². The van der Waals surface area contributed by atoms with Crippen LogP contribution in [0.5, 0.6) is 5.88 Å². The van der Waals surface area contributed by atoms with Gasteiger partial charge in [-0.1, -0.05) is 6.07 Å². The Morgan fingerprint density at radius 1 is 1.26 bits per heavy atom. The van der Waals surface area contributed by atoms with Crippen molar-refractivity contribution < 1.29 is 18.6 Å². The SMILES string of the molecule is COc1nc(N[C@H]2CC[C@](C)(O)CC2)nc2[nH]cc(-c3ccc4nc(C)n(CC(F)F)c4c3)c12. The number of aliphatic hydroxyl groups is 1. The number of fused-ring (bicyclic) bond motifs is 2. The van der Waals surface area contributed by atoms with E-state index in [1.165, 1.54) is 4.57 Å². The predicted octanol–water partition coefficient (Wildman–Crippen LogP) is 4.66. The third kappa shape index (κ3) is 4.18. The van der Waals surface area contributed by atoms with Crippen molar-refractivity contribution in [3.8, 4) is 17.0 Å². The van der Waals surface area contributed by atoms with Gasteiger partial charge in [0.2, 0.25) is 11.8 Å². The molecule has 0 bridgehead atoms. The molecule has 4 aromatic rings. The molecule has 1 fully saturated rings. The summed E-state index contributed by atoms with van der Waals surface area (Å²) >= 11 is 0. The van der Waals surface area contributed by atoms with Gasteiger partial charge in [0.1, 0.15) is 11.5 Å². The molecule has 5 rings (SSSR count). The zero-order valence-electron chi connectivity index (χ0n) is 19.4. The maximum Gasteiger partial charge on any atom is 0.256 e. The number of aryl methyl sites for hydroxylation is 1. The van der Waals surface area contributed by atoms with Gasteiger partial charge in [0.05, 0.1) is 35.7 Å². The van der Waals surface area contributed by atoms with E-state index >= 15 is 0 Å². The number of methoxy groups -OCH3 is 1. The Hall–Kier alpha value is -3.27. The number of nitrogens with one attached hydrogen (secondary N) is 2. The molecule has 8 nitrogen and oxygen atoms in total. The van der Waals surface area contributed by atoms with Crippen LogP contribution in [0.1, 0.15) is 38.4 Å². The number of alkyl halides is 2. The molecular weight excluding hydrogens is 442 g/mol. The van der Waals surface area contributed by atoms with Gasteiger partial charge in [0.25, 0.3) is 6.43 Å². The van der Waals surface area contributed by atoms with Gasteiger partial charge in [0, 0.05) is 17.8 Å². The van der Waals surface area contributed by atoms with Crippen LogP contribution in [0.4, 0.5) is 14.7 Å². The zero-order valence-corrected chi connectivity index (χ0v) is 19.4. The van der Waals surface area contributed by atoms with Crippen molar-refractivity contribution in [1.29, 1.82) is 0 Å². The third-order valence-corrected chi connectivity index (χ3v) is 6.66. The van der Waals surface area contributed by atoms with Crippen LogP contribution in [0.3, 0.4) is 0 Å². The summed E-state index contributed by atoms with van der Waals surface area (Å²) in [6.45, 7) is 3.19. The van der Waals surface area contributed by atoms with E-state index in [4.69, 9.17) is 4.74 Å². The fraction of sp³-hybridized carbons (Fsp3) is 0.458. The quantitative estimate of drug-likeness (QED) is 0.379. The zero-order chi connectivity index (χ0) is 24.0. The summed E-state index contributed by atoms with van der Waals surface area (Å²) in [6, 6.07) is 5.78. The molecule has 3 aromatic heterocycles. The first-order valence-electron chi connectivity index (χ1n) is 11.4. The highest BCUT2D eigenvalue weighted by atomic mass is 19.3. The molecule has 0 saturated heterocycles. The Bertz CT molecular complexity index is 1340. The molecule has 0 aliphatic heterocycles. The monoisotopic (exact) mass is 470 g/mol. The van der Waals surface area contributed by atoms with Gasteiger partial charge in [-0.05, 0) is 57.2 Å². The first-order chi connectivity index (χ1) is 16.2. The molecule has 180 valence electrons. The van der Waals surface area contributed by atoms with Crippen LogP contribution in [0.15, 0.2) is 24.4 Å². The molecule has 0 unspecified atom stereocenters. The van der Waals surface area contributed by atoms with Gasteiger partial charge < -0.3 is 24.7 Å². The van der Waals surface area contributed by atoms with E-state index in [-0.39, 0.29) is 6.04 Å². The number of benzene rings is 1. The predicted molar refractivity (Wildman–Crippen MR) is 126 cm³/mol. The number of nitrogens with zero attached hydrogens (tertiary/aromatic N) is 4. The molecule has 10 heteroatoms. The Morgan fingerprint density at radius 2 is 2.03 bits per heavy atom. The average Bonchev–Trinajstić information content (AvgIpc) is 3.35. The number of rotatable bonds is 6. The largest absolute Gasteiger partial charge is 0.480 e. The number of imidazole rings is 1. The van der Waals surface area contributed by atoms with E-state index in [0.717, 1.165) is 42.2 Å². The van der Waals surface area contributed by atoms with E-state index in [2.05, 4.69) is 25.3 Å². The van der Waals surface area contributed by atoms with E-state index in [1.54, 1.807) is 14.0 Å². The standard InChI is InChI=1S/C24H28F2N6O2/c1-13-28-17-5-4-14(10-18(17)32(13)12-19(25)26)16-11-27-21-20(16)22(34-3)31-23(30-21)29-15-6-8-24(2,33)9-7-15/h4-5,10-11,15,19,33H,6-9,12H2,1-3H3,(H2,27,29,30,31)/t15-,24-. The van der Waals surface area contributed by atoms with E-state index in [0.29, 0.717) is 34.3 Å². The molecule has 1 aromatic carbocycles. The smallest absolute Gasteiger partial charge is 0.256 e. The lowest BCUT2D eigenvalue weighted by atomic mass is 9.84. The molecule has 3 N–H and O–H groups in total. The fourth-order valence-corrected chi connectivity index (χ4v) is 4.79. The summed E-state index contributed by atoms with van der Waals surface area (Å²) in [5.74, 6) is 1.43. The van der Waals surface area contributed by atoms with Gasteiger partial charge in [-0.15, -0.1) is 0 Å². The minimum Gasteiger partial charge on any atom is -0.480 e. The van der Waals surface area contributed by atoms with E-state index in [9.17, 15) is 13.9 Å². The summed E-state index contributed by atoms with van der Waals surface area (Å²) in [6.07, 6.45) is 2.46. The molecule has 1 aliphatic carbocycles. The summed E-state index contributed by atoms with van der Waals surface area (Å²) in [5, 5.41) is 14.3. The summed E-state index contributed by atoms with van der Waals surface area (Å²) in [5.41, 5.74) is 2.96. The number of hydrogen-bond donors (Lipinski definition) is 3. The molecule has 0 radical (unpaired) electrons. The molecule has 1 aliphatic rings. The van der Waals surface area contributed by atoms with Gasteiger partial charge in [-0.2, -0.15) is 9.97 Å². The molecule has 0 amide bonds. The highest BCUT2D eigenvalue weighted by molar-refractivity contribution is 5.99. The first-order valence-corrected chi connectivity index (χ1v) is 11.4. The Balaban J connectivity index is 1.51. The number of halogens is 2. The molecule has 34 heavy (non-hydrogen) atoms. The van der Waals surface area contributed by atoms with Crippen molar-refractivity contribution in [2.24, 2.45) is 0 Å². The minimum absolute atomic E-state index is 0.178. The Morgan fingerprint density at radius 3 is 2.74 bits per heavy atom. The fourth-order valence-electron chi connectivity index (χ4n) is 4.79.